The number of nitrogens with zero attached hydrogens (tertiary/aromatic N) is 1. The molecule has 0 unspecified atom stereocenters. The van der Waals surface area contributed by atoms with Crippen molar-refractivity contribution >= 4 is 28.9 Å². The minimum atomic E-state index is -0.492. The van der Waals surface area contributed by atoms with Gasteiger partial charge in [0.1, 0.15) is 5.75 Å². The molecule has 0 saturated carbocycles. The summed E-state index contributed by atoms with van der Waals surface area (Å²) in [6.45, 7) is 0. The van der Waals surface area contributed by atoms with E-state index in [0.29, 0.717) is 21.2 Å². The third kappa shape index (κ3) is 2.19. The number of benzene rings is 1. The monoisotopic (exact) mass is 283 g/mol. The summed E-state index contributed by atoms with van der Waals surface area (Å²) in [6, 6.07) is 5.30. The fourth-order valence-corrected chi connectivity index (χ4v) is 2.72. The predicted octanol–water partition coefficient (Wildman–Crippen LogP) is 3.26. The average Bonchev–Trinajstić information content (AvgIpc) is 2.86. The van der Waals surface area contributed by atoms with Crippen LogP contribution < -0.4 is 4.74 Å². The highest BCUT2D eigenvalue weighted by Crippen LogP contribution is 2.40. The molecule has 0 amide bonds. The summed E-state index contributed by atoms with van der Waals surface area (Å²) in [5, 5.41) is 0.503. The summed E-state index contributed by atoms with van der Waals surface area (Å²) in [7, 11) is 2.86. The summed E-state index contributed by atoms with van der Waals surface area (Å²) in [5.74, 6) is 0.102. The molecule has 0 radical (unpaired) electrons. The van der Waals surface area contributed by atoms with Gasteiger partial charge in [0.05, 0.1) is 35.2 Å². The van der Waals surface area contributed by atoms with Crippen LogP contribution in [-0.2, 0) is 4.74 Å². The first-order valence-electron chi connectivity index (χ1n) is 5.03. The molecule has 0 aliphatic heterocycles. The molecular weight excluding hydrogens is 274 g/mol. The van der Waals surface area contributed by atoms with Crippen LogP contribution in [0.4, 0.5) is 0 Å². The Kier molecular flexibility index (Phi) is 3.84. The maximum absolute atomic E-state index is 11.6. The first-order valence-corrected chi connectivity index (χ1v) is 6.29. The van der Waals surface area contributed by atoms with Crippen LogP contribution in [0.5, 0.6) is 5.75 Å². The number of thiazole rings is 1. The molecule has 1 heterocycles. The molecule has 0 aliphatic carbocycles. The van der Waals surface area contributed by atoms with Gasteiger partial charge >= 0.3 is 5.97 Å². The fourth-order valence-electron chi connectivity index (χ4n) is 1.56. The molecule has 4 nitrogen and oxygen atoms in total. The van der Waals surface area contributed by atoms with Crippen molar-refractivity contribution in [1.82, 2.24) is 4.98 Å². The second-order valence-corrected chi connectivity index (χ2v) is 4.60. The average molecular weight is 284 g/mol. The highest BCUT2D eigenvalue weighted by atomic mass is 35.5. The zero-order valence-electron chi connectivity index (χ0n) is 9.77. The molecular formula is C12H10ClNO3S. The minimum absolute atomic E-state index is 0.244. The number of hydrogen-bond donors (Lipinski definition) is 0. The van der Waals surface area contributed by atoms with E-state index in [1.54, 1.807) is 30.8 Å². The molecule has 94 valence electrons. The van der Waals surface area contributed by atoms with Crippen molar-refractivity contribution in [3.8, 4) is 16.2 Å². The largest absolute Gasteiger partial charge is 0.496 e. The van der Waals surface area contributed by atoms with Gasteiger partial charge in [-0.3, -0.25) is 0 Å². The topological polar surface area (TPSA) is 48.4 Å². The lowest BCUT2D eigenvalue weighted by molar-refractivity contribution is 0.0596. The number of methoxy groups -OCH3 is 2. The molecule has 1 aromatic heterocycles. The van der Waals surface area contributed by atoms with E-state index in [4.69, 9.17) is 21.1 Å². The Morgan fingerprint density at radius 2 is 2.17 bits per heavy atom. The van der Waals surface area contributed by atoms with Crippen molar-refractivity contribution < 1.29 is 14.3 Å². The molecule has 18 heavy (non-hydrogen) atoms. The number of rotatable bonds is 3. The lowest BCUT2D eigenvalue weighted by Crippen LogP contribution is -2.03. The lowest BCUT2D eigenvalue weighted by Gasteiger charge is -2.09. The molecule has 1 aromatic carbocycles. The number of esters is 1. The van der Waals surface area contributed by atoms with E-state index in [2.05, 4.69) is 4.98 Å². The normalized spacial score (nSPS) is 10.2. The van der Waals surface area contributed by atoms with Gasteiger partial charge in [0.25, 0.3) is 0 Å². The molecule has 0 N–H and O–H groups in total. The van der Waals surface area contributed by atoms with Crippen molar-refractivity contribution in [2.45, 2.75) is 0 Å². The van der Waals surface area contributed by atoms with E-state index >= 15 is 0 Å². The quantitative estimate of drug-likeness (QED) is 0.811. The molecule has 0 spiro atoms. The van der Waals surface area contributed by atoms with Crippen LogP contribution in [0.25, 0.3) is 10.4 Å². The molecule has 0 saturated heterocycles. The SMILES string of the molecule is COC(=O)c1ncsc1-c1c(Cl)cccc1OC. The number of carbonyl (C=O) groups is 1. The Morgan fingerprint density at radius 1 is 1.39 bits per heavy atom. The Labute approximate surface area is 113 Å². The number of ether oxygens (including phenoxy) is 2. The summed E-state index contributed by atoms with van der Waals surface area (Å²) in [4.78, 5) is 16.3. The standard InChI is InChI=1S/C12H10ClNO3S/c1-16-8-5-3-4-7(13)9(8)11-10(12(15)17-2)14-6-18-11/h3-6H,1-2H3. The van der Waals surface area contributed by atoms with Gasteiger partial charge in [0.2, 0.25) is 0 Å². The van der Waals surface area contributed by atoms with Gasteiger partial charge < -0.3 is 9.47 Å². The number of aromatic nitrogens is 1. The van der Waals surface area contributed by atoms with Crippen LogP contribution in [0.15, 0.2) is 23.7 Å². The summed E-state index contributed by atoms with van der Waals surface area (Å²) in [5.41, 5.74) is 2.48. The zero-order valence-corrected chi connectivity index (χ0v) is 11.3. The summed E-state index contributed by atoms with van der Waals surface area (Å²) in [6.07, 6.45) is 0. The molecule has 2 aromatic rings. The maximum Gasteiger partial charge on any atom is 0.358 e. The van der Waals surface area contributed by atoms with Gasteiger partial charge in [-0.15, -0.1) is 11.3 Å². The van der Waals surface area contributed by atoms with Crippen molar-refractivity contribution in [2.24, 2.45) is 0 Å². The van der Waals surface area contributed by atoms with Crippen molar-refractivity contribution in [3.05, 3.63) is 34.4 Å². The second kappa shape index (κ2) is 5.37. The Morgan fingerprint density at radius 3 is 2.83 bits per heavy atom. The van der Waals surface area contributed by atoms with E-state index < -0.39 is 5.97 Å². The first kappa shape index (κ1) is 12.9. The third-order valence-electron chi connectivity index (χ3n) is 2.37. The smallest absolute Gasteiger partial charge is 0.358 e. The van der Waals surface area contributed by atoms with E-state index in [1.807, 2.05) is 0 Å². The fraction of sp³-hybridized carbons (Fsp3) is 0.167. The van der Waals surface area contributed by atoms with Gasteiger partial charge in [-0.25, -0.2) is 9.78 Å². The van der Waals surface area contributed by atoms with E-state index in [9.17, 15) is 4.79 Å². The molecule has 0 fully saturated rings. The highest BCUT2D eigenvalue weighted by molar-refractivity contribution is 7.13. The van der Waals surface area contributed by atoms with Gasteiger partial charge in [-0.1, -0.05) is 17.7 Å². The number of halogens is 1. The zero-order chi connectivity index (χ0) is 13.1. The van der Waals surface area contributed by atoms with Crippen LogP contribution in [0.1, 0.15) is 10.5 Å². The third-order valence-corrected chi connectivity index (χ3v) is 3.53. The highest BCUT2D eigenvalue weighted by Gasteiger charge is 2.21. The van der Waals surface area contributed by atoms with Crippen LogP contribution in [0.2, 0.25) is 5.02 Å². The molecule has 0 aliphatic rings. The van der Waals surface area contributed by atoms with Gasteiger partial charge in [-0.2, -0.15) is 0 Å². The second-order valence-electron chi connectivity index (χ2n) is 3.34. The Balaban J connectivity index is 2.62. The van der Waals surface area contributed by atoms with Gasteiger partial charge in [0.15, 0.2) is 5.69 Å². The summed E-state index contributed by atoms with van der Waals surface area (Å²) < 4.78 is 9.95. The van der Waals surface area contributed by atoms with E-state index in [1.165, 1.54) is 18.4 Å². The van der Waals surface area contributed by atoms with Gasteiger partial charge in [0, 0.05) is 0 Å². The van der Waals surface area contributed by atoms with Crippen LogP contribution in [0, 0.1) is 0 Å². The Hall–Kier alpha value is -1.59. The lowest BCUT2D eigenvalue weighted by atomic mass is 10.1. The van der Waals surface area contributed by atoms with Crippen LogP contribution in [0.3, 0.4) is 0 Å². The molecule has 2 rings (SSSR count). The predicted molar refractivity (Wildman–Crippen MR) is 70.5 cm³/mol. The molecule has 0 bridgehead atoms. The van der Waals surface area contributed by atoms with Crippen LogP contribution >= 0.6 is 22.9 Å². The van der Waals surface area contributed by atoms with Gasteiger partial charge in [-0.05, 0) is 12.1 Å². The number of hydrogen-bond acceptors (Lipinski definition) is 5. The summed E-state index contributed by atoms with van der Waals surface area (Å²) >= 11 is 7.48. The van der Waals surface area contributed by atoms with Crippen LogP contribution in [-0.4, -0.2) is 25.2 Å². The minimum Gasteiger partial charge on any atom is -0.496 e. The van der Waals surface area contributed by atoms with Crippen molar-refractivity contribution in [3.63, 3.8) is 0 Å². The van der Waals surface area contributed by atoms with Crippen molar-refractivity contribution in [2.75, 3.05) is 14.2 Å². The van der Waals surface area contributed by atoms with E-state index in [0.717, 1.165) is 0 Å². The maximum atomic E-state index is 11.6. The number of carbonyl (C=O) groups excluding carboxylic acids is 1. The molecule has 6 heteroatoms. The van der Waals surface area contributed by atoms with E-state index in [-0.39, 0.29) is 5.69 Å². The van der Waals surface area contributed by atoms with Crippen molar-refractivity contribution in [1.29, 1.82) is 0 Å². The molecule has 0 atom stereocenters. The Bertz CT molecular complexity index is 582. The first-order chi connectivity index (χ1) is 8.69.